The van der Waals surface area contributed by atoms with Gasteiger partial charge in [-0.3, -0.25) is 4.79 Å². The van der Waals surface area contributed by atoms with Gasteiger partial charge in [0, 0.05) is 12.0 Å². The Bertz CT molecular complexity index is 487. The van der Waals surface area contributed by atoms with Gasteiger partial charge in [0.15, 0.2) is 0 Å². The van der Waals surface area contributed by atoms with Gasteiger partial charge in [-0.1, -0.05) is 36.8 Å². The van der Waals surface area contributed by atoms with Crippen molar-refractivity contribution >= 4 is 5.91 Å². The maximum atomic E-state index is 12.4. The minimum absolute atomic E-state index is 0.00633. The molecule has 114 valence electrons. The summed E-state index contributed by atoms with van der Waals surface area (Å²) in [4.78, 5) is 12.4. The summed E-state index contributed by atoms with van der Waals surface area (Å²) >= 11 is 0. The van der Waals surface area contributed by atoms with Crippen LogP contribution >= 0.6 is 0 Å². The second-order valence-electron chi connectivity index (χ2n) is 6.85. The van der Waals surface area contributed by atoms with Crippen LogP contribution < -0.4 is 5.32 Å². The van der Waals surface area contributed by atoms with E-state index < -0.39 is 6.10 Å². The van der Waals surface area contributed by atoms with Crippen LogP contribution in [-0.4, -0.2) is 17.1 Å². The summed E-state index contributed by atoms with van der Waals surface area (Å²) in [6, 6.07) is 9.65. The van der Waals surface area contributed by atoms with Crippen LogP contribution in [0.5, 0.6) is 0 Å². The highest BCUT2D eigenvalue weighted by atomic mass is 16.3. The maximum absolute atomic E-state index is 12.4. The van der Waals surface area contributed by atoms with Crippen molar-refractivity contribution in [3.8, 4) is 0 Å². The van der Waals surface area contributed by atoms with E-state index in [-0.39, 0.29) is 17.9 Å². The first-order chi connectivity index (χ1) is 10.1. The Morgan fingerprint density at radius 2 is 2.05 bits per heavy atom. The van der Waals surface area contributed by atoms with E-state index in [9.17, 15) is 9.90 Å². The Kier molecular flexibility index (Phi) is 4.29. The van der Waals surface area contributed by atoms with Crippen LogP contribution in [0.25, 0.3) is 0 Å². The smallest absolute Gasteiger partial charge is 0.223 e. The molecule has 0 aromatic heterocycles. The van der Waals surface area contributed by atoms with Gasteiger partial charge < -0.3 is 10.4 Å². The molecule has 3 nitrogen and oxygen atoms in total. The number of carbonyl (C=O) groups excluding carboxylic acids is 1. The molecule has 2 bridgehead atoms. The largest absolute Gasteiger partial charge is 0.388 e. The highest BCUT2D eigenvalue weighted by Gasteiger charge is 2.43. The van der Waals surface area contributed by atoms with Gasteiger partial charge in [-0.25, -0.2) is 0 Å². The van der Waals surface area contributed by atoms with Crippen molar-refractivity contribution in [2.45, 2.75) is 51.2 Å². The summed E-state index contributed by atoms with van der Waals surface area (Å²) in [5.41, 5.74) is 0.915. The van der Waals surface area contributed by atoms with Crippen LogP contribution in [0.4, 0.5) is 0 Å². The second-order valence-corrected chi connectivity index (χ2v) is 6.85. The summed E-state index contributed by atoms with van der Waals surface area (Å²) in [6.07, 6.45) is 4.92. The lowest BCUT2D eigenvalue weighted by atomic mass is 9.88. The fourth-order valence-corrected chi connectivity index (χ4v) is 4.12. The number of aliphatic hydroxyl groups excluding tert-OH is 1. The van der Waals surface area contributed by atoms with Crippen LogP contribution in [0.3, 0.4) is 0 Å². The molecule has 2 fully saturated rings. The SMILES string of the molecule is CC(CC(O)c1ccccc1)NC(=O)C1CC2CCC1C2. The molecule has 0 saturated heterocycles. The van der Waals surface area contributed by atoms with Crippen LogP contribution in [0, 0.1) is 17.8 Å². The van der Waals surface area contributed by atoms with Gasteiger partial charge in [-0.05, 0) is 50.0 Å². The summed E-state index contributed by atoms with van der Waals surface area (Å²) in [5.74, 6) is 1.83. The lowest BCUT2D eigenvalue weighted by molar-refractivity contribution is -0.127. The van der Waals surface area contributed by atoms with E-state index in [0.717, 1.165) is 17.9 Å². The average Bonchev–Trinajstić information content (AvgIpc) is 3.10. The zero-order valence-electron chi connectivity index (χ0n) is 12.7. The van der Waals surface area contributed by atoms with E-state index in [1.807, 2.05) is 37.3 Å². The molecule has 3 heteroatoms. The number of hydrogen-bond acceptors (Lipinski definition) is 2. The molecule has 21 heavy (non-hydrogen) atoms. The fourth-order valence-electron chi connectivity index (χ4n) is 4.12. The molecule has 5 unspecified atom stereocenters. The summed E-state index contributed by atoms with van der Waals surface area (Å²) in [5, 5.41) is 13.3. The number of nitrogens with one attached hydrogen (secondary N) is 1. The minimum Gasteiger partial charge on any atom is -0.388 e. The molecule has 5 atom stereocenters. The predicted octanol–water partition coefficient (Wildman–Crippen LogP) is 3.05. The molecule has 2 N–H and O–H groups in total. The van der Waals surface area contributed by atoms with Crippen molar-refractivity contribution in [2.24, 2.45) is 17.8 Å². The number of rotatable bonds is 5. The van der Waals surface area contributed by atoms with Crippen molar-refractivity contribution < 1.29 is 9.90 Å². The lowest BCUT2D eigenvalue weighted by Gasteiger charge is -2.24. The molecule has 2 aliphatic rings. The number of amides is 1. The summed E-state index contributed by atoms with van der Waals surface area (Å²) in [6.45, 7) is 1.98. The molecule has 0 aliphatic heterocycles. The standard InChI is InChI=1S/C18H25NO2/c1-12(9-17(20)14-5-3-2-4-6-14)19-18(21)16-11-13-7-8-15(16)10-13/h2-6,12-13,15-17,20H,7-11H2,1H3,(H,19,21). The first-order valence-electron chi connectivity index (χ1n) is 8.17. The minimum atomic E-state index is -0.512. The molecule has 0 heterocycles. The monoisotopic (exact) mass is 287 g/mol. The fraction of sp³-hybridized carbons (Fsp3) is 0.611. The average molecular weight is 287 g/mol. The van der Waals surface area contributed by atoms with Crippen molar-refractivity contribution in [1.29, 1.82) is 0 Å². The highest BCUT2D eigenvalue weighted by Crippen LogP contribution is 2.48. The Morgan fingerprint density at radius 1 is 1.29 bits per heavy atom. The third-order valence-corrected chi connectivity index (χ3v) is 5.22. The lowest BCUT2D eigenvalue weighted by Crippen LogP contribution is -2.39. The van der Waals surface area contributed by atoms with Crippen LogP contribution in [0.2, 0.25) is 0 Å². The zero-order valence-corrected chi connectivity index (χ0v) is 12.7. The Labute approximate surface area is 126 Å². The zero-order chi connectivity index (χ0) is 14.8. The molecule has 2 aliphatic carbocycles. The summed E-state index contributed by atoms with van der Waals surface area (Å²) < 4.78 is 0. The van der Waals surface area contributed by atoms with Gasteiger partial charge in [-0.2, -0.15) is 0 Å². The summed E-state index contributed by atoms with van der Waals surface area (Å²) in [7, 11) is 0. The molecule has 0 spiro atoms. The van der Waals surface area contributed by atoms with Gasteiger partial charge in [0.05, 0.1) is 6.10 Å². The molecular weight excluding hydrogens is 262 g/mol. The molecular formula is C18H25NO2. The molecule has 1 amide bonds. The Hall–Kier alpha value is -1.35. The van der Waals surface area contributed by atoms with E-state index >= 15 is 0 Å². The molecule has 1 aromatic rings. The van der Waals surface area contributed by atoms with Crippen molar-refractivity contribution in [3.05, 3.63) is 35.9 Å². The number of benzene rings is 1. The second kappa shape index (κ2) is 6.18. The maximum Gasteiger partial charge on any atom is 0.223 e. The van der Waals surface area contributed by atoms with Gasteiger partial charge >= 0.3 is 0 Å². The number of hydrogen-bond donors (Lipinski definition) is 2. The molecule has 2 saturated carbocycles. The third kappa shape index (κ3) is 3.29. The third-order valence-electron chi connectivity index (χ3n) is 5.22. The molecule has 3 rings (SSSR count). The van der Waals surface area contributed by atoms with Crippen molar-refractivity contribution in [2.75, 3.05) is 0 Å². The highest BCUT2D eigenvalue weighted by molar-refractivity contribution is 5.79. The number of carbonyl (C=O) groups is 1. The van der Waals surface area contributed by atoms with Gasteiger partial charge in [0.25, 0.3) is 0 Å². The predicted molar refractivity (Wildman–Crippen MR) is 82.6 cm³/mol. The van der Waals surface area contributed by atoms with Crippen molar-refractivity contribution in [1.82, 2.24) is 5.32 Å². The van der Waals surface area contributed by atoms with E-state index in [1.54, 1.807) is 0 Å². The van der Waals surface area contributed by atoms with Gasteiger partial charge in [0.2, 0.25) is 5.91 Å². The normalized spacial score (nSPS) is 30.1. The quantitative estimate of drug-likeness (QED) is 0.874. The molecule has 0 radical (unpaired) electrons. The Morgan fingerprint density at radius 3 is 2.67 bits per heavy atom. The van der Waals surface area contributed by atoms with Crippen molar-refractivity contribution in [3.63, 3.8) is 0 Å². The van der Waals surface area contributed by atoms with E-state index in [4.69, 9.17) is 0 Å². The first-order valence-corrected chi connectivity index (χ1v) is 8.17. The van der Waals surface area contributed by atoms with Gasteiger partial charge in [0.1, 0.15) is 0 Å². The topological polar surface area (TPSA) is 49.3 Å². The van der Waals surface area contributed by atoms with Crippen LogP contribution in [-0.2, 0) is 4.79 Å². The van der Waals surface area contributed by atoms with E-state index in [2.05, 4.69) is 5.32 Å². The first kappa shape index (κ1) is 14.6. The molecule has 1 aromatic carbocycles. The van der Waals surface area contributed by atoms with Gasteiger partial charge in [-0.15, -0.1) is 0 Å². The number of aliphatic hydroxyl groups is 1. The van der Waals surface area contributed by atoms with Crippen LogP contribution in [0.15, 0.2) is 30.3 Å². The van der Waals surface area contributed by atoms with E-state index in [1.165, 1.54) is 19.3 Å². The van der Waals surface area contributed by atoms with E-state index in [0.29, 0.717) is 12.3 Å². The Balaban J connectivity index is 1.50. The van der Waals surface area contributed by atoms with Crippen LogP contribution in [0.1, 0.15) is 50.7 Å². The number of fused-ring (bicyclic) bond motifs is 2.